The summed E-state index contributed by atoms with van der Waals surface area (Å²) in [6.45, 7) is 4.80. The average molecular weight is 227 g/mol. The first-order valence-corrected chi connectivity index (χ1v) is 5.52. The van der Waals surface area contributed by atoms with Gasteiger partial charge in [0.05, 0.1) is 11.6 Å². The van der Waals surface area contributed by atoms with E-state index in [2.05, 4.69) is 16.4 Å². The van der Waals surface area contributed by atoms with Crippen molar-refractivity contribution in [1.29, 1.82) is 5.26 Å². The smallest absolute Gasteiger partial charge is 0.0991 e. The Kier molecular flexibility index (Phi) is 5.12. The van der Waals surface area contributed by atoms with Crippen molar-refractivity contribution in [3.63, 3.8) is 0 Å². The summed E-state index contributed by atoms with van der Waals surface area (Å²) in [7, 11) is 1.91. The maximum absolute atomic E-state index is 8.82. The average Bonchev–Trinajstić information content (AvgIpc) is 2.36. The molecule has 1 rings (SSSR count). The second-order valence-corrected chi connectivity index (χ2v) is 3.91. The molecule has 0 saturated heterocycles. The molecule has 0 atom stereocenters. The summed E-state index contributed by atoms with van der Waals surface area (Å²) in [5, 5.41) is 11.9. The van der Waals surface area contributed by atoms with Gasteiger partial charge in [-0.25, -0.2) is 0 Å². The van der Waals surface area contributed by atoms with Crippen LogP contribution in [0.3, 0.4) is 0 Å². The molecule has 0 radical (unpaired) electrons. The fourth-order valence-electron chi connectivity index (χ4n) is 1.42. The molecule has 17 heavy (non-hydrogen) atoms. The highest BCUT2D eigenvalue weighted by atomic mass is 14.8. The standard InChI is InChI=1S/C14H17N3/c1-11(9-16-3)10-17-12(2)14-6-4-5-13(7-14)8-15/h4-7,10,16H,9H2,1-3H3/b11-10+,17-12?. The highest BCUT2D eigenvalue weighted by Gasteiger charge is 1.97. The van der Waals surface area contributed by atoms with E-state index in [-0.39, 0.29) is 0 Å². The molecule has 0 aromatic heterocycles. The van der Waals surface area contributed by atoms with Crippen LogP contribution in [0.25, 0.3) is 0 Å². The van der Waals surface area contributed by atoms with Crippen LogP contribution in [0.2, 0.25) is 0 Å². The molecule has 0 heterocycles. The lowest BCUT2D eigenvalue weighted by Gasteiger charge is -2.01. The molecule has 0 fully saturated rings. The van der Waals surface area contributed by atoms with Gasteiger partial charge in [0.2, 0.25) is 0 Å². The first-order valence-electron chi connectivity index (χ1n) is 5.52. The van der Waals surface area contributed by atoms with E-state index in [1.165, 1.54) is 5.57 Å². The number of likely N-dealkylation sites (N-methyl/N-ethyl adjacent to an activating group) is 1. The number of rotatable bonds is 4. The zero-order valence-corrected chi connectivity index (χ0v) is 10.5. The third-order valence-corrected chi connectivity index (χ3v) is 2.34. The molecule has 0 bridgehead atoms. The van der Waals surface area contributed by atoms with Crippen molar-refractivity contribution >= 4 is 5.71 Å². The summed E-state index contributed by atoms with van der Waals surface area (Å²) in [5.74, 6) is 0. The van der Waals surface area contributed by atoms with Crippen LogP contribution < -0.4 is 5.32 Å². The molecule has 3 nitrogen and oxygen atoms in total. The molecule has 0 unspecified atom stereocenters. The number of hydrogen-bond donors (Lipinski definition) is 1. The van der Waals surface area contributed by atoms with Crippen LogP contribution in [0.5, 0.6) is 0 Å². The predicted molar refractivity (Wildman–Crippen MR) is 71.1 cm³/mol. The predicted octanol–water partition coefficient (Wildman–Crippen LogP) is 2.49. The van der Waals surface area contributed by atoms with E-state index in [4.69, 9.17) is 5.26 Å². The van der Waals surface area contributed by atoms with Gasteiger partial charge in [-0.15, -0.1) is 0 Å². The number of benzene rings is 1. The summed E-state index contributed by atoms with van der Waals surface area (Å²) in [4.78, 5) is 4.39. The van der Waals surface area contributed by atoms with Crippen molar-refractivity contribution in [3.8, 4) is 6.07 Å². The Balaban J connectivity index is 2.89. The summed E-state index contributed by atoms with van der Waals surface area (Å²) in [6.07, 6.45) is 1.85. The second-order valence-electron chi connectivity index (χ2n) is 3.91. The van der Waals surface area contributed by atoms with E-state index in [0.29, 0.717) is 5.56 Å². The first-order chi connectivity index (χ1) is 8.17. The Morgan fingerprint density at radius 3 is 2.88 bits per heavy atom. The van der Waals surface area contributed by atoms with Gasteiger partial charge >= 0.3 is 0 Å². The maximum Gasteiger partial charge on any atom is 0.0991 e. The molecule has 3 heteroatoms. The summed E-state index contributed by atoms with van der Waals surface area (Å²) in [6, 6.07) is 9.60. The minimum Gasteiger partial charge on any atom is -0.316 e. The van der Waals surface area contributed by atoms with E-state index < -0.39 is 0 Å². The maximum atomic E-state index is 8.82. The van der Waals surface area contributed by atoms with Crippen LogP contribution >= 0.6 is 0 Å². The first kappa shape index (κ1) is 13.1. The van der Waals surface area contributed by atoms with Crippen molar-refractivity contribution < 1.29 is 0 Å². The van der Waals surface area contributed by atoms with E-state index in [1.54, 1.807) is 6.07 Å². The largest absolute Gasteiger partial charge is 0.316 e. The van der Waals surface area contributed by atoms with Crippen molar-refractivity contribution in [2.45, 2.75) is 13.8 Å². The van der Waals surface area contributed by atoms with Gasteiger partial charge < -0.3 is 5.32 Å². The Labute approximate surface area is 102 Å². The van der Waals surface area contributed by atoms with Crippen molar-refractivity contribution in [2.24, 2.45) is 4.99 Å². The molecular weight excluding hydrogens is 210 g/mol. The fourth-order valence-corrected chi connectivity index (χ4v) is 1.42. The highest BCUT2D eigenvalue weighted by molar-refractivity contribution is 5.99. The van der Waals surface area contributed by atoms with Gasteiger partial charge in [-0.2, -0.15) is 5.26 Å². The van der Waals surface area contributed by atoms with Gasteiger partial charge in [0.15, 0.2) is 0 Å². The second kappa shape index (κ2) is 6.62. The monoisotopic (exact) mass is 227 g/mol. The molecule has 0 aliphatic carbocycles. The van der Waals surface area contributed by atoms with E-state index in [0.717, 1.165) is 17.8 Å². The summed E-state index contributed by atoms with van der Waals surface area (Å²) in [5.41, 5.74) is 3.73. The van der Waals surface area contributed by atoms with Crippen molar-refractivity contribution in [3.05, 3.63) is 47.2 Å². The van der Waals surface area contributed by atoms with E-state index in [1.807, 2.05) is 45.3 Å². The summed E-state index contributed by atoms with van der Waals surface area (Å²) < 4.78 is 0. The minimum atomic E-state index is 0.660. The molecular formula is C14H17N3. The Morgan fingerprint density at radius 1 is 1.47 bits per heavy atom. The van der Waals surface area contributed by atoms with Crippen LogP contribution in [0.15, 0.2) is 41.0 Å². The molecule has 1 N–H and O–H groups in total. The number of nitrogens with zero attached hydrogens (tertiary/aromatic N) is 2. The zero-order chi connectivity index (χ0) is 12.7. The quantitative estimate of drug-likeness (QED) is 0.803. The molecule has 1 aromatic carbocycles. The Hall–Kier alpha value is -1.92. The lowest BCUT2D eigenvalue weighted by Crippen LogP contribution is -2.08. The highest BCUT2D eigenvalue weighted by Crippen LogP contribution is 2.06. The lowest BCUT2D eigenvalue weighted by atomic mass is 10.1. The van der Waals surface area contributed by atoms with Crippen LogP contribution in [-0.4, -0.2) is 19.3 Å². The SMILES string of the molecule is CNC/C(C)=C/N=C(C)c1cccc(C#N)c1. The van der Waals surface area contributed by atoms with Crippen LogP contribution in [0.1, 0.15) is 25.0 Å². The van der Waals surface area contributed by atoms with E-state index in [9.17, 15) is 0 Å². The van der Waals surface area contributed by atoms with Crippen LogP contribution in [-0.2, 0) is 0 Å². The molecule has 0 aliphatic heterocycles. The number of nitrogens with one attached hydrogen (secondary N) is 1. The van der Waals surface area contributed by atoms with Gasteiger partial charge in [0.25, 0.3) is 0 Å². The van der Waals surface area contributed by atoms with E-state index >= 15 is 0 Å². The normalized spacial score (nSPS) is 12.4. The molecule has 88 valence electrons. The zero-order valence-electron chi connectivity index (χ0n) is 10.5. The molecule has 0 amide bonds. The number of nitriles is 1. The summed E-state index contributed by atoms with van der Waals surface area (Å²) >= 11 is 0. The van der Waals surface area contributed by atoms with Crippen LogP contribution in [0.4, 0.5) is 0 Å². The topological polar surface area (TPSA) is 48.2 Å². The van der Waals surface area contributed by atoms with Gasteiger partial charge in [-0.3, -0.25) is 4.99 Å². The molecule has 0 saturated carbocycles. The van der Waals surface area contributed by atoms with Crippen molar-refractivity contribution in [1.82, 2.24) is 5.32 Å². The Morgan fingerprint density at radius 2 is 2.24 bits per heavy atom. The van der Waals surface area contributed by atoms with Gasteiger partial charge in [0.1, 0.15) is 0 Å². The lowest BCUT2D eigenvalue weighted by molar-refractivity contribution is 0.877. The van der Waals surface area contributed by atoms with Crippen LogP contribution in [0, 0.1) is 11.3 Å². The number of aliphatic imine (C=N–C) groups is 1. The van der Waals surface area contributed by atoms with Crippen molar-refractivity contribution in [2.75, 3.05) is 13.6 Å². The third-order valence-electron chi connectivity index (χ3n) is 2.34. The molecule has 1 aromatic rings. The molecule has 0 aliphatic rings. The minimum absolute atomic E-state index is 0.660. The Bertz CT molecular complexity index is 478. The molecule has 0 spiro atoms. The third kappa shape index (κ3) is 4.21. The fraction of sp³-hybridized carbons (Fsp3) is 0.286. The number of hydrogen-bond acceptors (Lipinski definition) is 3. The van der Waals surface area contributed by atoms with Gasteiger partial charge in [-0.05, 0) is 44.2 Å². The van der Waals surface area contributed by atoms with Gasteiger partial charge in [-0.1, -0.05) is 12.1 Å². The van der Waals surface area contributed by atoms with Gasteiger partial charge in [0, 0.05) is 18.5 Å².